The van der Waals surface area contributed by atoms with Crippen molar-refractivity contribution in [3.8, 4) is 16.8 Å². The quantitative estimate of drug-likeness (QED) is 0.164. The van der Waals surface area contributed by atoms with Crippen LogP contribution in [0.1, 0.15) is 5.56 Å². The lowest BCUT2D eigenvalue weighted by molar-refractivity contribution is 0.627. The van der Waals surface area contributed by atoms with Crippen LogP contribution in [0.4, 0.5) is 11.6 Å². The van der Waals surface area contributed by atoms with Crippen molar-refractivity contribution in [3.05, 3.63) is 151 Å². The highest BCUT2D eigenvalue weighted by Gasteiger charge is 2.18. The number of nitrogens with zero attached hydrogens (tertiary/aromatic N) is 3. The molecule has 236 valence electrons. The van der Waals surface area contributed by atoms with E-state index in [0.717, 1.165) is 33.1 Å². The van der Waals surface area contributed by atoms with Crippen LogP contribution < -0.4 is 0 Å². The Labute approximate surface area is 291 Å². The van der Waals surface area contributed by atoms with Crippen molar-refractivity contribution < 1.29 is 4.42 Å². The SMILES string of the molecule is C=Nc1oc2ccc3ccccc3c2c1/N=C\Cc1cccc2sc3c(-c4ccc5c6ccccc6n(-c6ccccc6)c5c4)cccc3c12. The molecule has 3 aromatic heterocycles. The summed E-state index contributed by atoms with van der Waals surface area (Å²) in [5, 5.41) is 8.26. The number of furan rings is 1. The number of para-hydroxylation sites is 2. The van der Waals surface area contributed by atoms with E-state index in [2.05, 4.69) is 144 Å². The van der Waals surface area contributed by atoms with Gasteiger partial charge in [-0.3, -0.25) is 4.99 Å². The number of hydrogen-bond acceptors (Lipinski definition) is 4. The summed E-state index contributed by atoms with van der Waals surface area (Å²) in [6.07, 6.45) is 2.66. The fourth-order valence-electron chi connectivity index (χ4n) is 7.61. The van der Waals surface area contributed by atoms with Gasteiger partial charge >= 0.3 is 0 Å². The largest absolute Gasteiger partial charge is 0.436 e. The van der Waals surface area contributed by atoms with E-state index in [1.807, 2.05) is 35.8 Å². The fourth-order valence-corrected chi connectivity index (χ4v) is 8.90. The first-order valence-corrected chi connectivity index (χ1v) is 17.5. The van der Waals surface area contributed by atoms with Gasteiger partial charge in [0.15, 0.2) is 0 Å². The lowest BCUT2D eigenvalue weighted by Gasteiger charge is -2.09. The minimum Gasteiger partial charge on any atom is -0.436 e. The number of aromatic nitrogens is 1. The molecule has 0 bridgehead atoms. The zero-order valence-electron chi connectivity index (χ0n) is 27.0. The van der Waals surface area contributed by atoms with E-state index in [0.29, 0.717) is 12.3 Å². The molecule has 7 aromatic carbocycles. The normalized spacial score (nSPS) is 12.1. The van der Waals surface area contributed by atoms with E-state index >= 15 is 0 Å². The number of thiophene rings is 1. The second-order valence-electron chi connectivity index (χ2n) is 12.6. The molecular weight excluding hydrogens is 631 g/mol. The summed E-state index contributed by atoms with van der Waals surface area (Å²) in [6.45, 7) is 3.76. The Morgan fingerprint density at radius 3 is 2.34 bits per heavy atom. The first-order chi connectivity index (χ1) is 24.8. The van der Waals surface area contributed by atoms with Crippen LogP contribution in [0.25, 0.3) is 80.5 Å². The average molecular weight is 660 g/mol. The van der Waals surface area contributed by atoms with Crippen molar-refractivity contribution in [1.29, 1.82) is 0 Å². The summed E-state index contributed by atoms with van der Waals surface area (Å²) >= 11 is 1.86. The summed E-state index contributed by atoms with van der Waals surface area (Å²) in [7, 11) is 0. The predicted octanol–water partition coefficient (Wildman–Crippen LogP) is 13.0. The number of fused-ring (bicyclic) bond motifs is 9. The van der Waals surface area contributed by atoms with Crippen LogP contribution in [0.3, 0.4) is 0 Å². The second-order valence-corrected chi connectivity index (χ2v) is 13.6. The molecule has 0 fully saturated rings. The Morgan fingerprint density at radius 2 is 1.44 bits per heavy atom. The molecule has 5 heteroatoms. The average Bonchev–Trinajstić information content (AvgIpc) is 3.84. The predicted molar refractivity (Wildman–Crippen MR) is 214 cm³/mol. The summed E-state index contributed by atoms with van der Waals surface area (Å²) in [5.41, 5.74) is 8.76. The first kappa shape index (κ1) is 28.7. The van der Waals surface area contributed by atoms with Crippen molar-refractivity contribution in [2.24, 2.45) is 9.98 Å². The van der Waals surface area contributed by atoms with Crippen molar-refractivity contribution in [2.45, 2.75) is 6.42 Å². The third-order valence-corrected chi connectivity index (χ3v) is 11.0. The van der Waals surface area contributed by atoms with Crippen LogP contribution in [-0.2, 0) is 6.42 Å². The van der Waals surface area contributed by atoms with Crippen molar-refractivity contribution in [1.82, 2.24) is 4.57 Å². The van der Waals surface area contributed by atoms with E-state index < -0.39 is 0 Å². The topological polar surface area (TPSA) is 42.8 Å². The molecular formula is C45H29N3OS. The van der Waals surface area contributed by atoms with Gasteiger partial charge in [0, 0.05) is 49.3 Å². The number of aliphatic imine (C=N–C) groups is 2. The van der Waals surface area contributed by atoms with Gasteiger partial charge in [-0.2, -0.15) is 0 Å². The van der Waals surface area contributed by atoms with E-state index in [4.69, 9.17) is 9.41 Å². The maximum atomic E-state index is 6.06. The summed E-state index contributed by atoms with van der Waals surface area (Å²) in [6, 6.07) is 51.9. The summed E-state index contributed by atoms with van der Waals surface area (Å²) in [5.74, 6) is 0.444. The Kier molecular flexibility index (Phi) is 6.54. The van der Waals surface area contributed by atoms with Crippen LogP contribution in [0.5, 0.6) is 0 Å². The highest BCUT2D eigenvalue weighted by Crippen LogP contribution is 2.44. The second kappa shape index (κ2) is 11.4. The molecule has 0 unspecified atom stereocenters. The number of hydrogen-bond donors (Lipinski definition) is 0. The minimum absolute atomic E-state index is 0.444. The van der Waals surface area contributed by atoms with Crippen LogP contribution in [0, 0.1) is 0 Å². The molecule has 0 spiro atoms. The Morgan fingerprint density at radius 1 is 0.660 bits per heavy atom. The van der Waals surface area contributed by atoms with Crippen molar-refractivity contribution >= 4 is 99.6 Å². The van der Waals surface area contributed by atoms with Gasteiger partial charge in [-0.05, 0) is 70.6 Å². The molecule has 0 aliphatic carbocycles. The molecule has 10 aromatic rings. The van der Waals surface area contributed by atoms with E-state index in [1.165, 1.54) is 58.7 Å². The first-order valence-electron chi connectivity index (χ1n) is 16.7. The number of rotatable bonds is 6. The van der Waals surface area contributed by atoms with Gasteiger partial charge in [0.25, 0.3) is 0 Å². The molecule has 0 saturated carbocycles. The highest BCUT2D eigenvalue weighted by atomic mass is 32.1. The van der Waals surface area contributed by atoms with Gasteiger partial charge in [0.05, 0.1) is 16.4 Å². The molecule has 0 saturated heterocycles. The Balaban J connectivity index is 1.09. The number of benzene rings is 7. The maximum Gasteiger partial charge on any atom is 0.245 e. The van der Waals surface area contributed by atoms with Gasteiger partial charge in [-0.25, -0.2) is 4.99 Å². The molecule has 0 atom stereocenters. The van der Waals surface area contributed by atoms with Crippen LogP contribution in [-0.4, -0.2) is 17.5 Å². The molecule has 50 heavy (non-hydrogen) atoms. The van der Waals surface area contributed by atoms with E-state index in [-0.39, 0.29) is 0 Å². The molecule has 0 aliphatic rings. The summed E-state index contributed by atoms with van der Waals surface area (Å²) < 4.78 is 11.0. The van der Waals surface area contributed by atoms with Crippen molar-refractivity contribution in [2.75, 3.05) is 0 Å². The smallest absolute Gasteiger partial charge is 0.245 e. The Bertz CT molecular complexity index is 2980. The molecule has 0 radical (unpaired) electrons. The standard InChI is InChI=1S/C45H29N3OS/c1-46-45-43(42-32-15-6-5-11-28(32)22-24-39(42)49-45)47-26-25-29-12-9-20-40-41(29)36-18-10-17-33(44(36)50-40)30-21-23-35-34-16-7-8-19-37(34)48(38(35)27-30)31-13-3-2-4-14-31/h2-24,26-27H,1,25H2/b47-26-. The van der Waals surface area contributed by atoms with Crippen LogP contribution in [0.2, 0.25) is 0 Å². The minimum atomic E-state index is 0.444. The van der Waals surface area contributed by atoms with Crippen LogP contribution in [0.15, 0.2) is 160 Å². The van der Waals surface area contributed by atoms with E-state index in [1.54, 1.807) is 0 Å². The van der Waals surface area contributed by atoms with Crippen molar-refractivity contribution in [3.63, 3.8) is 0 Å². The zero-order chi connectivity index (χ0) is 33.2. The maximum absolute atomic E-state index is 6.06. The Hall–Kier alpha value is -6.30. The lowest BCUT2D eigenvalue weighted by Crippen LogP contribution is -1.93. The van der Waals surface area contributed by atoms with Crippen LogP contribution >= 0.6 is 11.3 Å². The third-order valence-electron chi connectivity index (χ3n) is 9.82. The molecule has 3 heterocycles. The summed E-state index contributed by atoms with van der Waals surface area (Å²) in [4.78, 5) is 9.16. The van der Waals surface area contributed by atoms with Gasteiger partial charge in [-0.15, -0.1) is 11.3 Å². The third kappa shape index (κ3) is 4.37. The van der Waals surface area contributed by atoms with Gasteiger partial charge < -0.3 is 8.98 Å². The monoisotopic (exact) mass is 659 g/mol. The van der Waals surface area contributed by atoms with Gasteiger partial charge in [0.2, 0.25) is 5.88 Å². The highest BCUT2D eigenvalue weighted by molar-refractivity contribution is 7.26. The van der Waals surface area contributed by atoms with E-state index in [9.17, 15) is 0 Å². The molecule has 0 N–H and O–H groups in total. The molecule has 4 nitrogen and oxygen atoms in total. The fraction of sp³-hybridized carbons (Fsp3) is 0.0222. The zero-order valence-corrected chi connectivity index (χ0v) is 27.8. The molecule has 10 rings (SSSR count). The van der Waals surface area contributed by atoms with Gasteiger partial charge in [0.1, 0.15) is 11.3 Å². The molecule has 0 amide bonds. The van der Waals surface area contributed by atoms with Gasteiger partial charge in [-0.1, -0.05) is 109 Å². The molecule has 0 aliphatic heterocycles. The lowest BCUT2D eigenvalue weighted by atomic mass is 9.99.